The van der Waals surface area contributed by atoms with Crippen molar-refractivity contribution >= 4 is 0 Å². The Bertz CT molecular complexity index is 404. The minimum Gasteiger partial charge on any atom is -0.170 e. The van der Waals surface area contributed by atoms with Crippen LogP contribution in [-0.2, 0) is 0 Å². The lowest BCUT2D eigenvalue weighted by molar-refractivity contribution is -0.178. The number of alkyl halides is 9. The lowest BCUT2D eigenvalue weighted by Gasteiger charge is -2.31. The van der Waals surface area contributed by atoms with Crippen LogP contribution >= 0.6 is 0 Å². The highest BCUT2D eigenvalue weighted by atomic mass is 19.4. The van der Waals surface area contributed by atoms with Gasteiger partial charge < -0.3 is 0 Å². The van der Waals surface area contributed by atoms with Crippen LogP contribution in [0.2, 0.25) is 0 Å². The normalized spacial score (nSPS) is 26.0. The standard InChI is InChI=1S/C10H7F9/c1-4-6(9(14,15)16)2-5(8(11,12)13)3-7(4)10(17,18)19/h2-4,6H,1H3. The fraction of sp³-hybridized carbons (Fsp3) is 0.600. The summed E-state index contributed by atoms with van der Waals surface area (Å²) >= 11 is 0. The first-order valence-corrected chi connectivity index (χ1v) is 4.89. The summed E-state index contributed by atoms with van der Waals surface area (Å²) < 4.78 is 112. The Labute approximate surface area is 101 Å². The second kappa shape index (κ2) is 4.45. The van der Waals surface area contributed by atoms with Gasteiger partial charge in [-0.1, -0.05) is 13.0 Å². The third-order valence-corrected chi connectivity index (χ3v) is 2.73. The number of rotatable bonds is 0. The van der Waals surface area contributed by atoms with E-state index < -0.39 is 41.5 Å². The van der Waals surface area contributed by atoms with Crippen LogP contribution in [0.3, 0.4) is 0 Å². The molecule has 110 valence electrons. The van der Waals surface area contributed by atoms with E-state index in [-0.39, 0.29) is 12.2 Å². The van der Waals surface area contributed by atoms with E-state index in [1.54, 1.807) is 0 Å². The van der Waals surface area contributed by atoms with Gasteiger partial charge in [0.1, 0.15) is 0 Å². The molecule has 2 unspecified atom stereocenters. The van der Waals surface area contributed by atoms with Crippen molar-refractivity contribution in [1.82, 2.24) is 0 Å². The number of hydrogen-bond donors (Lipinski definition) is 0. The van der Waals surface area contributed by atoms with E-state index >= 15 is 0 Å². The first-order chi connectivity index (χ1) is 8.24. The molecule has 0 aromatic carbocycles. The molecule has 9 heteroatoms. The monoisotopic (exact) mass is 298 g/mol. The van der Waals surface area contributed by atoms with Crippen molar-refractivity contribution < 1.29 is 39.5 Å². The van der Waals surface area contributed by atoms with Crippen LogP contribution in [0.4, 0.5) is 39.5 Å². The second-order valence-electron chi connectivity index (χ2n) is 4.07. The summed E-state index contributed by atoms with van der Waals surface area (Å²) in [6.45, 7) is 0.598. The highest BCUT2D eigenvalue weighted by Crippen LogP contribution is 2.47. The zero-order chi connectivity index (χ0) is 15.2. The smallest absolute Gasteiger partial charge is 0.170 e. The van der Waals surface area contributed by atoms with Crippen molar-refractivity contribution in [3.8, 4) is 0 Å². The maximum atomic E-state index is 12.5. The quantitative estimate of drug-likeness (QED) is 0.564. The Morgan fingerprint density at radius 2 is 1.32 bits per heavy atom. The SMILES string of the molecule is CC1C(C(F)(F)F)=CC(C(F)(F)F)=CC1C(F)(F)F. The maximum absolute atomic E-state index is 12.5. The van der Waals surface area contributed by atoms with E-state index in [1.807, 2.05) is 0 Å². The van der Waals surface area contributed by atoms with E-state index in [4.69, 9.17) is 0 Å². The van der Waals surface area contributed by atoms with Gasteiger partial charge in [0.05, 0.1) is 11.5 Å². The summed E-state index contributed by atoms with van der Waals surface area (Å²) in [5.41, 5.74) is -3.76. The molecule has 1 aliphatic carbocycles. The van der Waals surface area contributed by atoms with Crippen molar-refractivity contribution in [2.75, 3.05) is 0 Å². The molecule has 0 radical (unpaired) electrons. The lowest BCUT2D eigenvalue weighted by Crippen LogP contribution is -2.36. The molecule has 0 heterocycles. The molecule has 1 aliphatic rings. The van der Waals surface area contributed by atoms with Gasteiger partial charge in [0.2, 0.25) is 0 Å². The summed E-state index contributed by atoms with van der Waals surface area (Å²) in [6, 6.07) is 0. The van der Waals surface area contributed by atoms with E-state index in [0.29, 0.717) is 6.92 Å². The number of hydrogen-bond acceptors (Lipinski definition) is 0. The first-order valence-electron chi connectivity index (χ1n) is 4.89. The lowest BCUT2D eigenvalue weighted by atomic mass is 9.80. The van der Waals surface area contributed by atoms with E-state index in [0.717, 1.165) is 0 Å². The molecule has 0 nitrogen and oxygen atoms in total. The zero-order valence-corrected chi connectivity index (χ0v) is 9.21. The Hall–Kier alpha value is -1.15. The predicted molar refractivity (Wildman–Crippen MR) is 47.0 cm³/mol. The molecule has 0 fully saturated rings. The van der Waals surface area contributed by atoms with Crippen LogP contribution in [0.15, 0.2) is 23.3 Å². The maximum Gasteiger partial charge on any atom is 0.416 e. The van der Waals surface area contributed by atoms with E-state index in [9.17, 15) is 39.5 Å². The molecule has 19 heavy (non-hydrogen) atoms. The van der Waals surface area contributed by atoms with Crippen LogP contribution in [0.5, 0.6) is 0 Å². The molecular weight excluding hydrogens is 291 g/mol. The third kappa shape index (κ3) is 3.44. The van der Waals surface area contributed by atoms with Gasteiger partial charge in [-0.3, -0.25) is 0 Å². The van der Waals surface area contributed by atoms with Crippen molar-refractivity contribution in [1.29, 1.82) is 0 Å². The largest absolute Gasteiger partial charge is 0.416 e. The first kappa shape index (κ1) is 15.9. The minimum atomic E-state index is -5.26. The molecule has 2 atom stereocenters. The zero-order valence-electron chi connectivity index (χ0n) is 9.21. The highest BCUT2D eigenvalue weighted by Gasteiger charge is 2.52. The molecule has 0 aromatic rings. The fourth-order valence-corrected chi connectivity index (χ4v) is 1.77. The van der Waals surface area contributed by atoms with Gasteiger partial charge in [0.25, 0.3) is 0 Å². The van der Waals surface area contributed by atoms with Crippen LogP contribution < -0.4 is 0 Å². The molecule has 1 rings (SSSR count). The second-order valence-corrected chi connectivity index (χ2v) is 4.07. The Morgan fingerprint density at radius 3 is 1.63 bits per heavy atom. The van der Waals surface area contributed by atoms with Crippen LogP contribution in [0, 0.1) is 11.8 Å². The van der Waals surface area contributed by atoms with Gasteiger partial charge >= 0.3 is 18.5 Å². The van der Waals surface area contributed by atoms with Crippen molar-refractivity contribution in [3.63, 3.8) is 0 Å². The molecular formula is C10H7F9. The van der Waals surface area contributed by atoms with E-state index in [2.05, 4.69) is 0 Å². The van der Waals surface area contributed by atoms with Gasteiger partial charge in [-0.15, -0.1) is 0 Å². The Balaban J connectivity index is 3.36. The summed E-state index contributed by atoms with van der Waals surface area (Å²) in [5.74, 6) is -4.93. The molecule has 0 aromatic heterocycles. The molecule has 0 saturated heterocycles. The Morgan fingerprint density at radius 1 is 0.842 bits per heavy atom. The molecule has 0 N–H and O–H groups in total. The Kier molecular flexibility index (Phi) is 3.72. The number of halogens is 9. The minimum absolute atomic E-state index is 0.208. The van der Waals surface area contributed by atoms with Gasteiger partial charge in [-0.05, 0) is 6.08 Å². The molecule has 0 aliphatic heterocycles. The summed E-state index contributed by atoms with van der Waals surface area (Å²) in [5, 5.41) is 0. The average Bonchev–Trinajstić information content (AvgIpc) is 2.11. The van der Waals surface area contributed by atoms with Crippen molar-refractivity contribution in [3.05, 3.63) is 23.3 Å². The summed E-state index contributed by atoms with van der Waals surface area (Å²) in [6.07, 6.45) is -16.2. The van der Waals surface area contributed by atoms with Gasteiger partial charge in [-0.2, -0.15) is 39.5 Å². The van der Waals surface area contributed by atoms with Crippen molar-refractivity contribution in [2.45, 2.75) is 25.5 Å². The third-order valence-electron chi connectivity index (χ3n) is 2.73. The van der Waals surface area contributed by atoms with Crippen LogP contribution in [0.1, 0.15) is 6.92 Å². The van der Waals surface area contributed by atoms with Crippen LogP contribution in [-0.4, -0.2) is 18.5 Å². The average molecular weight is 298 g/mol. The highest BCUT2D eigenvalue weighted by molar-refractivity contribution is 5.37. The molecule has 0 bridgehead atoms. The topological polar surface area (TPSA) is 0 Å². The molecule has 0 spiro atoms. The van der Waals surface area contributed by atoms with Gasteiger partial charge in [0, 0.05) is 11.5 Å². The van der Waals surface area contributed by atoms with Crippen LogP contribution in [0.25, 0.3) is 0 Å². The molecule has 0 amide bonds. The molecule has 0 saturated carbocycles. The number of allylic oxidation sites excluding steroid dienone is 4. The van der Waals surface area contributed by atoms with Gasteiger partial charge in [-0.25, -0.2) is 0 Å². The predicted octanol–water partition coefficient (Wildman–Crippen LogP) is 4.79. The van der Waals surface area contributed by atoms with Crippen molar-refractivity contribution in [2.24, 2.45) is 11.8 Å². The summed E-state index contributed by atoms with van der Waals surface area (Å²) in [4.78, 5) is 0. The summed E-state index contributed by atoms with van der Waals surface area (Å²) in [7, 11) is 0. The van der Waals surface area contributed by atoms with E-state index in [1.165, 1.54) is 0 Å². The van der Waals surface area contributed by atoms with Gasteiger partial charge in [0.15, 0.2) is 0 Å². The fourth-order valence-electron chi connectivity index (χ4n) is 1.77.